The lowest BCUT2D eigenvalue weighted by molar-refractivity contribution is 0.535. The predicted octanol–water partition coefficient (Wildman–Crippen LogP) is 11.6. The second kappa shape index (κ2) is 21.7. The Balaban J connectivity index is 2.12. The maximum absolute atomic E-state index is 2.49. The number of rotatable bonds is 23. The van der Waals surface area contributed by atoms with Crippen molar-refractivity contribution in [1.29, 1.82) is 0 Å². The van der Waals surface area contributed by atoms with E-state index in [-0.39, 0.29) is 0 Å². The molecule has 0 amide bonds. The fourth-order valence-corrected chi connectivity index (χ4v) is 5.44. The Kier molecular flexibility index (Phi) is 19.9. The van der Waals surface area contributed by atoms with Gasteiger partial charge in [0.25, 0.3) is 0 Å². The summed E-state index contributed by atoms with van der Waals surface area (Å²) < 4.78 is 0. The van der Waals surface area contributed by atoms with Gasteiger partial charge in [-0.15, -0.1) is 0 Å². The molecule has 0 heterocycles. The van der Waals surface area contributed by atoms with Crippen LogP contribution < -0.4 is 0 Å². The number of unbranched alkanes of at least 4 members (excludes halogenated alkanes) is 19. The molecule has 1 aromatic carbocycles. The molecule has 1 aromatic rings. The Morgan fingerprint density at radius 2 is 0.788 bits per heavy atom. The zero-order chi connectivity index (χ0) is 24.0. The smallest absolute Gasteiger partial charge is 0.0274 e. The van der Waals surface area contributed by atoms with Gasteiger partial charge in [0.1, 0.15) is 0 Å². The van der Waals surface area contributed by atoms with E-state index in [1.165, 1.54) is 153 Å². The topological polar surface area (TPSA) is 0 Å². The van der Waals surface area contributed by atoms with Crippen molar-refractivity contribution in [2.24, 2.45) is 0 Å². The van der Waals surface area contributed by atoms with E-state index in [0.717, 1.165) is 0 Å². The van der Waals surface area contributed by atoms with E-state index in [4.69, 9.17) is 0 Å². The van der Waals surface area contributed by atoms with Crippen molar-refractivity contribution in [3.05, 3.63) is 34.4 Å². The van der Waals surface area contributed by atoms with E-state index in [2.05, 4.69) is 39.8 Å². The van der Waals surface area contributed by atoms with Gasteiger partial charge >= 0.3 is 0 Å². The van der Waals surface area contributed by atoms with E-state index in [1.54, 1.807) is 16.7 Å². The van der Waals surface area contributed by atoms with Crippen LogP contribution in [0.15, 0.2) is 12.1 Å². The average molecular weight is 457 g/mol. The monoisotopic (exact) mass is 456 g/mol. The molecule has 0 aliphatic heterocycles. The predicted molar refractivity (Wildman–Crippen MR) is 152 cm³/mol. The van der Waals surface area contributed by atoms with Crippen molar-refractivity contribution in [2.45, 2.75) is 175 Å². The fourth-order valence-electron chi connectivity index (χ4n) is 5.44. The molecule has 0 heteroatoms. The van der Waals surface area contributed by atoms with Gasteiger partial charge in [-0.25, -0.2) is 0 Å². The zero-order valence-corrected chi connectivity index (χ0v) is 23.4. The van der Waals surface area contributed by atoms with Gasteiger partial charge in [-0.2, -0.15) is 0 Å². The molecule has 0 nitrogen and oxygen atoms in total. The van der Waals surface area contributed by atoms with E-state index in [9.17, 15) is 0 Å². The molecule has 0 bridgehead atoms. The second-order valence-electron chi connectivity index (χ2n) is 10.9. The molecule has 0 aliphatic carbocycles. The molecule has 0 fully saturated rings. The first-order valence-electron chi connectivity index (χ1n) is 15.3. The van der Waals surface area contributed by atoms with Crippen LogP contribution in [0.5, 0.6) is 0 Å². The zero-order valence-electron chi connectivity index (χ0n) is 23.4. The van der Waals surface area contributed by atoms with Crippen LogP contribution in [0.4, 0.5) is 0 Å². The molecule has 0 aromatic heterocycles. The van der Waals surface area contributed by atoms with E-state index in [0.29, 0.717) is 0 Å². The Hall–Kier alpha value is -0.780. The van der Waals surface area contributed by atoms with Crippen LogP contribution in [0, 0.1) is 13.8 Å². The SMILES string of the molecule is CCCCCCCCCCCCCCCCc1c(C)cc(C)cc1CCCCCCCCC. The summed E-state index contributed by atoms with van der Waals surface area (Å²) in [5.74, 6) is 0. The van der Waals surface area contributed by atoms with Gasteiger partial charge in [-0.1, -0.05) is 154 Å². The first-order valence-corrected chi connectivity index (χ1v) is 15.3. The van der Waals surface area contributed by atoms with Crippen LogP contribution in [0.1, 0.15) is 171 Å². The quantitative estimate of drug-likeness (QED) is 0.144. The van der Waals surface area contributed by atoms with Crippen LogP contribution in [-0.2, 0) is 12.8 Å². The molecule has 0 unspecified atom stereocenters. The maximum Gasteiger partial charge on any atom is -0.0274 e. The van der Waals surface area contributed by atoms with Gasteiger partial charge in [-0.05, 0) is 56.2 Å². The largest absolute Gasteiger partial charge is 0.0654 e. The minimum absolute atomic E-state index is 1.30. The first-order chi connectivity index (χ1) is 16.2. The lowest BCUT2D eigenvalue weighted by atomic mass is 9.91. The Bertz CT molecular complexity index is 555. The minimum Gasteiger partial charge on any atom is -0.0654 e. The summed E-state index contributed by atoms with van der Waals surface area (Å²) >= 11 is 0. The van der Waals surface area contributed by atoms with Crippen molar-refractivity contribution < 1.29 is 0 Å². The highest BCUT2D eigenvalue weighted by molar-refractivity contribution is 5.38. The fraction of sp³-hybridized carbons (Fsp3) is 0.818. The summed E-state index contributed by atoms with van der Waals surface area (Å²) in [6, 6.07) is 4.90. The minimum atomic E-state index is 1.30. The van der Waals surface area contributed by atoms with Crippen molar-refractivity contribution in [2.75, 3.05) is 0 Å². The highest BCUT2D eigenvalue weighted by Gasteiger charge is 2.07. The third-order valence-corrected chi connectivity index (χ3v) is 7.54. The third-order valence-electron chi connectivity index (χ3n) is 7.54. The van der Waals surface area contributed by atoms with Gasteiger partial charge < -0.3 is 0 Å². The number of hydrogen-bond acceptors (Lipinski definition) is 0. The molecule has 192 valence electrons. The molecular formula is C33H60. The van der Waals surface area contributed by atoms with Gasteiger partial charge in [0.15, 0.2) is 0 Å². The van der Waals surface area contributed by atoms with E-state index >= 15 is 0 Å². The second-order valence-corrected chi connectivity index (χ2v) is 10.9. The summed E-state index contributed by atoms with van der Waals surface area (Å²) in [6.45, 7) is 9.23. The lowest BCUT2D eigenvalue weighted by Gasteiger charge is -2.15. The molecule has 0 spiro atoms. The maximum atomic E-state index is 2.49. The number of benzene rings is 1. The molecule has 0 saturated carbocycles. The average Bonchev–Trinajstić information content (AvgIpc) is 2.80. The normalized spacial score (nSPS) is 11.4. The van der Waals surface area contributed by atoms with E-state index in [1.807, 2.05) is 0 Å². The van der Waals surface area contributed by atoms with Crippen molar-refractivity contribution in [3.8, 4) is 0 Å². The molecule has 0 aliphatic rings. The van der Waals surface area contributed by atoms with Gasteiger partial charge in [0.2, 0.25) is 0 Å². The molecule has 0 N–H and O–H groups in total. The highest BCUT2D eigenvalue weighted by Crippen LogP contribution is 2.23. The third kappa shape index (κ3) is 16.5. The van der Waals surface area contributed by atoms with E-state index < -0.39 is 0 Å². The van der Waals surface area contributed by atoms with Crippen LogP contribution in [0.3, 0.4) is 0 Å². The van der Waals surface area contributed by atoms with Gasteiger partial charge in [-0.3, -0.25) is 0 Å². The Morgan fingerprint density at radius 1 is 0.424 bits per heavy atom. The highest BCUT2D eigenvalue weighted by atomic mass is 14.1. The van der Waals surface area contributed by atoms with Crippen LogP contribution in [-0.4, -0.2) is 0 Å². The van der Waals surface area contributed by atoms with Crippen molar-refractivity contribution in [3.63, 3.8) is 0 Å². The summed E-state index contributed by atoms with van der Waals surface area (Å²) in [5.41, 5.74) is 6.35. The number of aryl methyl sites for hydroxylation is 3. The molecular weight excluding hydrogens is 396 g/mol. The van der Waals surface area contributed by atoms with Gasteiger partial charge in [0.05, 0.1) is 0 Å². The first kappa shape index (κ1) is 30.3. The van der Waals surface area contributed by atoms with Crippen LogP contribution in [0.2, 0.25) is 0 Å². The van der Waals surface area contributed by atoms with Gasteiger partial charge in [0, 0.05) is 0 Å². The lowest BCUT2D eigenvalue weighted by Crippen LogP contribution is -2.00. The molecule has 0 saturated heterocycles. The Morgan fingerprint density at radius 3 is 1.21 bits per heavy atom. The van der Waals surface area contributed by atoms with Crippen LogP contribution in [0.25, 0.3) is 0 Å². The summed E-state index contributed by atoms with van der Waals surface area (Å²) in [7, 11) is 0. The number of hydrogen-bond donors (Lipinski definition) is 0. The molecule has 1 rings (SSSR count). The molecule has 0 atom stereocenters. The van der Waals surface area contributed by atoms with Crippen molar-refractivity contribution in [1.82, 2.24) is 0 Å². The Labute approximate surface area is 209 Å². The van der Waals surface area contributed by atoms with Crippen LogP contribution >= 0.6 is 0 Å². The molecule has 0 radical (unpaired) electrons. The van der Waals surface area contributed by atoms with Crippen molar-refractivity contribution >= 4 is 0 Å². The standard InChI is InChI=1S/C33H60/c1-5-7-9-11-13-14-15-16-17-18-19-21-23-25-27-33-31(4)28-30(3)29-32(33)26-24-22-20-12-10-8-6-2/h28-29H,5-27H2,1-4H3. The summed E-state index contributed by atoms with van der Waals surface area (Å²) in [5, 5.41) is 0. The summed E-state index contributed by atoms with van der Waals surface area (Å²) in [6.07, 6.45) is 32.7. The summed E-state index contributed by atoms with van der Waals surface area (Å²) in [4.78, 5) is 0. The molecule has 33 heavy (non-hydrogen) atoms.